The highest BCUT2D eigenvalue weighted by Crippen LogP contribution is 2.20. The van der Waals surface area contributed by atoms with Gasteiger partial charge in [0.2, 0.25) is 5.91 Å². The standard InChI is InChI=1S/C18H14N4O2S/c23-15(21-14-5-1-3-12-4-2-8-19-16(12)14)6-9-22-11-20-17-13(18(22)24)7-10-25-17/h1-5,7-8,10-11H,6,9H2,(H,21,23). The Labute approximate surface area is 146 Å². The number of para-hydroxylation sites is 1. The van der Waals surface area contributed by atoms with Gasteiger partial charge in [-0.15, -0.1) is 11.3 Å². The predicted molar refractivity (Wildman–Crippen MR) is 98.9 cm³/mol. The highest BCUT2D eigenvalue weighted by Gasteiger charge is 2.09. The number of aromatic nitrogens is 3. The van der Waals surface area contributed by atoms with Crippen LogP contribution in [-0.2, 0) is 11.3 Å². The molecule has 0 aliphatic carbocycles. The fourth-order valence-corrected chi connectivity index (χ4v) is 3.42. The van der Waals surface area contributed by atoms with Crippen molar-refractivity contribution in [2.45, 2.75) is 13.0 Å². The Morgan fingerprint density at radius 2 is 2.04 bits per heavy atom. The van der Waals surface area contributed by atoms with Crippen LogP contribution in [0.3, 0.4) is 0 Å². The van der Waals surface area contributed by atoms with Crippen LogP contribution in [0.4, 0.5) is 5.69 Å². The van der Waals surface area contributed by atoms with Crippen LogP contribution in [0.1, 0.15) is 6.42 Å². The molecule has 3 heterocycles. The summed E-state index contributed by atoms with van der Waals surface area (Å²) in [5.74, 6) is -0.171. The summed E-state index contributed by atoms with van der Waals surface area (Å²) in [6, 6.07) is 11.2. The molecule has 3 aromatic heterocycles. The molecule has 4 rings (SSSR count). The normalized spacial score (nSPS) is 11.0. The van der Waals surface area contributed by atoms with E-state index in [1.807, 2.05) is 35.7 Å². The first-order valence-corrected chi connectivity index (χ1v) is 8.66. The third-order valence-corrected chi connectivity index (χ3v) is 4.76. The van der Waals surface area contributed by atoms with Crippen molar-refractivity contribution >= 4 is 44.1 Å². The maximum atomic E-state index is 12.3. The second-order valence-corrected chi connectivity index (χ2v) is 6.46. The molecule has 1 amide bonds. The molecular formula is C18H14N4O2S. The monoisotopic (exact) mass is 350 g/mol. The largest absolute Gasteiger partial charge is 0.324 e. The van der Waals surface area contributed by atoms with Gasteiger partial charge in [0.25, 0.3) is 5.56 Å². The summed E-state index contributed by atoms with van der Waals surface area (Å²) in [5, 5.41) is 6.26. The molecule has 0 fully saturated rings. The van der Waals surface area contributed by atoms with E-state index < -0.39 is 0 Å². The van der Waals surface area contributed by atoms with Crippen molar-refractivity contribution in [2.24, 2.45) is 0 Å². The highest BCUT2D eigenvalue weighted by molar-refractivity contribution is 7.16. The van der Waals surface area contributed by atoms with Gasteiger partial charge in [-0.05, 0) is 23.6 Å². The first-order chi connectivity index (χ1) is 12.2. The molecule has 124 valence electrons. The van der Waals surface area contributed by atoms with Crippen LogP contribution in [0.25, 0.3) is 21.1 Å². The van der Waals surface area contributed by atoms with Crippen molar-refractivity contribution in [3.8, 4) is 0 Å². The molecule has 1 aromatic carbocycles. The average Bonchev–Trinajstić information content (AvgIpc) is 3.11. The van der Waals surface area contributed by atoms with Crippen molar-refractivity contribution in [3.63, 3.8) is 0 Å². The number of pyridine rings is 1. The number of benzene rings is 1. The molecule has 0 atom stereocenters. The first kappa shape index (κ1) is 15.5. The van der Waals surface area contributed by atoms with Crippen LogP contribution >= 0.6 is 11.3 Å². The number of rotatable bonds is 4. The lowest BCUT2D eigenvalue weighted by molar-refractivity contribution is -0.116. The molecule has 0 bridgehead atoms. The van der Waals surface area contributed by atoms with E-state index in [9.17, 15) is 9.59 Å². The minimum Gasteiger partial charge on any atom is -0.324 e. The van der Waals surface area contributed by atoms with Gasteiger partial charge >= 0.3 is 0 Å². The molecule has 1 N–H and O–H groups in total. The van der Waals surface area contributed by atoms with Gasteiger partial charge in [-0.1, -0.05) is 18.2 Å². The number of carbonyl (C=O) groups excluding carboxylic acids is 1. The van der Waals surface area contributed by atoms with E-state index in [0.29, 0.717) is 15.9 Å². The molecule has 0 saturated carbocycles. The first-order valence-electron chi connectivity index (χ1n) is 7.78. The molecule has 0 saturated heterocycles. The number of thiophene rings is 1. The van der Waals surface area contributed by atoms with Crippen molar-refractivity contribution in [1.82, 2.24) is 14.5 Å². The molecular weight excluding hydrogens is 336 g/mol. The van der Waals surface area contributed by atoms with Crippen molar-refractivity contribution in [1.29, 1.82) is 0 Å². The third kappa shape index (κ3) is 3.01. The number of nitrogens with zero attached hydrogens (tertiary/aromatic N) is 3. The van der Waals surface area contributed by atoms with Crippen molar-refractivity contribution in [2.75, 3.05) is 5.32 Å². The van der Waals surface area contributed by atoms with Gasteiger partial charge < -0.3 is 5.32 Å². The lowest BCUT2D eigenvalue weighted by Crippen LogP contribution is -2.23. The number of anilines is 1. The van der Waals surface area contributed by atoms with Crippen LogP contribution in [0.2, 0.25) is 0 Å². The molecule has 4 aromatic rings. The highest BCUT2D eigenvalue weighted by atomic mass is 32.1. The zero-order chi connectivity index (χ0) is 17.2. The lowest BCUT2D eigenvalue weighted by Gasteiger charge is -2.09. The molecule has 25 heavy (non-hydrogen) atoms. The smallest absolute Gasteiger partial charge is 0.262 e. The Hall–Kier alpha value is -3.06. The zero-order valence-electron chi connectivity index (χ0n) is 13.2. The molecule has 0 unspecified atom stereocenters. The Morgan fingerprint density at radius 3 is 2.96 bits per heavy atom. The number of carbonyl (C=O) groups is 1. The molecule has 0 aliphatic heterocycles. The van der Waals surface area contributed by atoms with Crippen LogP contribution in [0, 0.1) is 0 Å². The molecule has 0 radical (unpaired) electrons. The number of amides is 1. The van der Waals surface area contributed by atoms with Crippen molar-refractivity contribution in [3.05, 3.63) is 64.7 Å². The summed E-state index contributed by atoms with van der Waals surface area (Å²) < 4.78 is 1.47. The van der Waals surface area contributed by atoms with Gasteiger partial charge in [-0.3, -0.25) is 19.1 Å². The SMILES string of the molecule is O=C(CCn1cnc2sccc2c1=O)Nc1cccc2cccnc12. The molecule has 0 aliphatic rings. The second kappa shape index (κ2) is 6.45. The Kier molecular flexibility index (Phi) is 3.99. The predicted octanol–water partition coefficient (Wildman–Crippen LogP) is 3.04. The zero-order valence-corrected chi connectivity index (χ0v) is 14.0. The summed E-state index contributed by atoms with van der Waals surface area (Å²) >= 11 is 1.43. The van der Waals surface area contributed by atoms with Gasteiger partial charge in [-0.2, -0.15) is 0 Å². The average molecular weight is 350 g/mol. The molecule has 7 heteroatoms. The van der Waals surface area contributed by atoms with Crippen LogP contribution in [0.15, 0.2) is 59.1 Å². The van der Waals surface area contributed by atoms with Gasteiger partial charge in [0, 0.05) is 24.5 Å². The van der Waals surface area contributed by atoms with Gasteiger partial charge in [0.15, 0.2) is 0 Å². The van der Waals surface area contributed by atoms with E-state index in [2.05, 4.69) is 15.3 Å². The number of nitrogens with one attached hydrogen (secondary N) is 1. The number of fused-ring (bicyclic) bond motifs is 2. The van der Waals surface area contributed by atoms with Crippen LogP contribution < -0.4 is 10.9 Å². The molecule has 0 spiro atoms. The Bertz CT molecular complexity index is 1130. The van der Waals surface area contributed by atoms with E-state index in [1.54, 1.807) is 12.3 Å². The number of aryl methyl sites for hydroxylation is 1. The summed E-state index contributed by atoms with van der Waals surface area (Å²) in [5.41, 5.74) is 1.30. The lowest BCUT2D eigenvalue weighted by atomic mass is 10.2. The Balaban J connectivity index is 1.50. The summed E-state index contributed by atoms with van der Waals surface area (Å²) in [6.45, 7) is 0.279. The van der Waals surface area contributed by atoms with Gasteiger partial charge in [0.05, 0.1) is 22.9 Å². The van der Waals surface area contributed by atoms with E-state index in [-0.39, 0.29) is 24.4 Å². The van der Waals surface area contributed by atoms with Gasteiger partial charge in [-0.25, -0.2) is 4.98 Å². The topological polar surface area (TPSA) is 76.9 Å². The third-order valence-electron chi connectivity index (χ3n) is 3.94. The fraction of sp³-hybridized carbons (Fsp3) is 0.111. The Morgan fingerprint density at radius 1 is 1.16 bits per heavy atom. The minimum atomic E-state index is -0.171. The maximum Gasteiger partial charge on any atom is 0.262 e. The minimum absolute atomic E-state index is 0.120. The van der Waals surface area contributed by atoms with Gasteiger partial charge in [0.1, 0.15) is 4.83 Å². The van der Waals surface area contributed by atoms with E-state index in [0.717, 1.165) is 10.9 Å². The molecule has 6 nitrogen and oxygen atoms in total. The number of hydrogen-bond donors (Lipinski definition) is 1. The van der Waals surface area contributed by atoms with E-state index in [4.69, 9.17) is 0 Å². The second-order valence-electron chi connectivity index (χ2n) is 5.56. The summed E-state index contributed by atoms with van der Waals surface area (Å²) in [7, 11) is 0. The quantitative estimate of drug-likeness (QED) is 0.614. The van der Waals surface area contributed by atoms with Crippen molar-refractivity contribution < 1.29 is 4.79 Å². The fourth-order valence-electron chi connectivity index (χ4n) is 2.69. The summed E-state index contributed by atoms with van der Waals surface area (Å²) in [4.78, 5) is 33.9. The maximum absolute atomic E-state index is 12.3. The number of hydrogen-bond acceptors (Lipinski definition) is 5. The van der Waals surface area contributed by atoms with E-state index in [1.165, 1.54) is 22.2 Å². The van der Waals surface area contributed by atoms with Crippen LogP contribution in [-0.4, -0.2) is 20.4 Å². The van der Waals surface area contributed by atoms with E-state index >= 15 is 0 Å². The summed E-state index contributed by atoms with van der Waals surface area (Å²) in [6.07, 6.45) is 3.37. The van der Waals surface area contributed by atoms with Crippen LogP contribution in [0.5, 0.6) is 0 Å².